The quantitative estimate of drug-likeness (QED) is 0.939. The zero-order chi connectivity index (χ0) is 12.3. The van der Waals surface area contributed by atoms with Crippen LogP contribution in [0.1, 0.15) is 16.4 Å². The van der Waals surface area contributed by atoms with Gasteiger partial charge >= 0.3 is 11.9 Å². The number of hydrogen-bond donors (Lipinski definition) is 1. The summed E-state index contributed by atoms with van der Waals surface area (Å²) in [4.78, 5) is 14.3. The molecule has 1 N–H and O–H groups in total. The van der Waals surface area contributed by atoms with Gasteiger partial charge in [-0.25, -0.2) is 9.78 Å². The smallest absolute Gasteiger partial charge is 0.392 e. The van der Waals surface area contributed by atoms with Gasteiger partial charge in [-0.2, -0.15) is 0 Å². The standard InChI is InChI=1S/C11H8BrNO4/c12-8-3-1-2-4-9(8)16-5-7-6-17-10(13-7)11(14)15/h1-4,6H,5H2,(H,14,15). The van der Waals surface area contributed by atoms with Gasteiger partial charge < -0.3 is 14.3 Å². The first-order valence-corrected chi connectivity index (χ1v) is 5.51. The van der Waals surface area contributed by atoms with Crippen molar-refractivity contribution in [1.29, 1.82) is 0 Å². The van der Waals surface area contributed by atoms with Gasteiger partial charge in [0.2, 0.25) is 0 Å². The Hall–Kier alpha value is -1.82. The summed E-state index contributed by atoms with van der Waals surface area (Å²) in [6.45, 7) is 0.152. The minimum atomic E-state index is -1.20. The number of aromatic nitrogens is 1. The highest BCUT2D eigenvalue weighted by Crippen LogP contribution is 2.24. The number of hydrogen-bond acceptors (Lipinski definition) is 4. The lowest BCUT2D eigenvalue weighted by atomic mass is 10.3. The third-order valence-corrected chi connectivity index (χ3v) is 2.60. The average molecular weight is 298 g/mol. The molecule has 17 heavy (non-hydrogen) atoms. The zero-order valence-corrected chi connectivity index (χ0v) is 10.2. The van der Waals surface area contributed by atoms with Crippen LogP contribution in [0.5, 0.6) is 5.75 Å². The number of ether oxygens (including phenoxy) is 1. The molecular weight excluding hydrogens is 290 g/mol. The minimum absolute atomic E-state index is 0.152. The van der Waals surface area contributed by atoms with E-state index >= 15 is 0 Å². The summed E-state index contributed by atoms with van der Waals surface area (Å²) in [7, 11) is 0. The maximum atomic E-state index is 10.5. The average Bonchev–Trinajstić information content (AvgIpc) is 2.77. The Morgan fingerprint density at radius 2 is 2.24 bits per heavy atom. The van der Waals surface area contributed by atoms with Crippen LogP contribution in [0, 0.1) is 0 Å². The second-order valence-electron chi connectivity index (χ2n) is 3.17. The molecule has 88 valence electrons. The SMILES string of the molecule is O=C(O)c1nc(COc2ccccc2Br)co1. The van der Waals surface area contributed by atoms with Crippen LogP contribution >= 0.6 is 15.9 Å². The molecule has 0 saturated carbocycles. The summed E-state index contributed by atoms with van der Waals surface area (Å²) in [6.07, 6.45) is 1.26. The summed E-state index contributed by atoms with van der Waals surface area (Å²) in [5.41, 5.74) is 0.429. The molecule has 0 unspecified atom stereocenters. The first-order chi connectivity index (χ1) is 8.16. The van der Waals surface area contributed by atoms with E-state index in [1.165, 1.54) is 6.26 Å². The number of carboxylic acid groups (broad SMARTS) is 1. The van der Waals surface area contributed by atoms with Crippen LogP contribution in [0.25, 0.3) is 0 Å². The molecule has 2 aromatic rings. The van der Waals surface area contributed by atoms with Crippen molar-refractivity contribution >= 4 is 21.9 Å². The van der Waals surface area contributed by atoms with Gasteiger partial charge in [0, 0.05) is 0 Å². The Balaban J connectivity index is 2.02. The van der Waals surface area contributed by atoms with Crippen molar-refractivity contribution < 1.29 is 19.1 Å². The first-order valence-electron chi connectivity index (χ1n) is 4.72. The Morgan fingerprint density at radius 1 is 1.47 bits per heavy atom. The fourth-order valence-electron chi connectivity index (χ4n) is 1.18. The fraction of sp³-hybridized carbons (Fsp3) is 0.0909. The van der Waals surface area contributed by atoms with E-state index in [1.54, 1.807) is 6.07 Å². The van der Waals surface area contributed by atoms with Gasteiger partial charge in [0.05, 0.1) is 4.47 Å². The molecule has 0 aliphatic rings. The van der Waals surface area contributed by atoms with Crippen molar-refractivity contribution in [3.63, 3.8) is 0 Å². The molecular formula is C11H8BrNO4. The molecule has 0 saturated heterocycles. The molecule has 0 amide bonds. The van der Waals surface area contributed by atoms with E-state index in [4.69, 9.17) is 14.3 Å². The van der Waals surface area contributed by atoms with Crippen LogP contribution in [0.4, 0.5) is 0 Å². The molecule has 0 atom stereocenters. The fourth-order valence-corrected chi connectivity index (χ4v) is 1.58. The molecule has 2 rings (SSSR count). The van der Waals surface area contributed by atoms with E-state index in [0.717, 1.165) is 4.47 Å². The Labute approximate surface area is 105 Å². The molecule has 5 nitrogen and oxygen atoms in total. The number of oxazole rings is 1. The maximum Gasteiger partial charge on any atom is 0.392 e. The highest BCUT2D eigenvalue weighted by atomic mass is 79.9. The van der Waals surface area contributed by atoms with Crippen molar-refractivity contribution in [3.05, 3.63) is 46.6 Å². The highest BCUT2D eigenvalue weighted by molar-refractivity contribution is 9.10. The van der Waals surface area contributed by atoms with Gasteiger partial charge in [-0.05, 0) is 28.1 Å². The number of benzene rings is 1. The predicted molar refractivity (Wildman–Crippen MR) is 61.9 cm³/mol. The number of nitrogens with zero attached hydrogens (tertiary/aromatic N) is 1. The second kappa shape index (κ2) is 5.01. The second-order valence-corrected chi connectivity index (χ2v) is 4.02. The third-order valence-electron chi connectivity index (χ3n) is 1.95. The van der Waals surface area contributed by atoms with Crippen LogP contribution < -0.4 is 4.74 Å². The summed E-state index contributed by atoms with van der Waals surface area (Å²) >= 11 is 3.34. The number of carboxylic acids is 1. The van der Waals surface area contributed by atoms with Crippen LogP contribution in [-0.2, 0) is 6.61 Å². The molecule has 0 bridgehead atoms. The van der Waals surface area contributed by atoms with Gasteiger partial charge in [-0.15, -0.1) is 0 Å². The van der Waals surface area contributed by atoms with E-state index in [1.807, 2.05) is 18.2 Å². The van der Waals surface area contributed by atoms with Crippen LogP contribution in [0.15, 0.2) is 39.4 Å². The lowest BCUT2D eigenvalue weighted by Gasteiger charge is -2.05. The predicted octanol–water partition coefficient (Wildman–Crippen LogP) is 2.71. The van der Waals surface area contributed by atoms with Crippen molar-refractivity contribution in [2.24, 2.45) is 0 Å². The number of aromatic carboxylic acids is 1. The van der Waals surface area contributed by atoms with Crippen molar-refractivity contribution in [2.75, 3.05) is 0 Å². The van der Waals surface area contributed by atoms with E-state index in [2.05, 4.69) is 20.9 Å². The molecule has 1 heterocycles. The number of carbonyl (C=O) groups is 1. The summed E-state index contributed by atoms with van der Waals surface area (Å²) in [6, 6.07) is 7.35. The maximum absolute atomic E-state index is 10.5. The van der Waals surface area contributed by atoms with Crippen LogP contribution in [0.3, 0.4) is 0 Å². The molecule has 0 fully saturated rings. The molecule has 0 aliphatic heterocycles. The first kappa shape index (κ1) is 11.7. The summed E-state index contributed by atoms with van der Waals surface area (Å²) in [5.74, 6) is -0.875. The van der Waals surface area contributed by atoms with Crippen molar-refractivity contribution in [1.82, 2.24) is 4.98 Å². The number of para-hydroxylation sites is 1. The van der Waals surface area contributed by atoms with Crippen molar-refractivity contribution in [3.8, 4) is 5.75 Å². The number of rotatable bonds is 4. The Morgan fingerprint density at radius 3 is 2.88 bits per heavy atom. The molecule has 0 radical (unpaired) electrons. The Kier molecular flexibility index (Phi) is 3.43. The molecule has 1 aromatic heterocycles. The van der Waals surface area contributed by atoms with E-state index in [0.29, 0.717) is 11.4 Å². The van der Waals surface area contributed by atoms with Gasteiger partial charge in [-0.1, -0.05) is 12.1 Å². The lowest BCUT2D eigenvalue weighted by molar-refractivity contribution is 0.0653. The van der Waals surface area contributed by atoms with Crippen LogP contribution in [-0.4, -0.2) is 16.1 Å². The van der Waals surface area contributed by atoms with Gasteiger partial charge in [-0.3, -0.25) is 0 Å². The van der Waals surface area contributed by atoms with Gasteiger partial charge in [0.25, 0.3) is 0 Å². The van der Waals surface area contributed by atoms with Crippen molar-refractivity contribution in [2.45, 2.75) is 6.61 Å². The third kappa shape index (κ3) is 2.85. The molecule has 0 spiro atoms. The van der Waals surface area contributed by atoms with E-state index < -0.39 is 5.97 Å². The van der Waals surface area contributed by atoms with E-state index in [9.17, 15) is 4.79 Å². The van der Waals surface area contributed by atoms with Gasteiger partial charge in [0.15, 0.2) is 0 Å². The normalized spacial score (nSPS) is 10.2. The Bertz CT molecular complexity index is 538. The topological polar surface area (TPSA) is 72.6 Å². The summed E-state index contributed by atoms with van der Waals surface area (Å²) < 4.78 is 11.0. The van der Waals surface area contributed by atoms with E-state index in [-0.39, 0.29) is 12.5 Å². The molecule has 1 aromatic carbocycles. The van der Waals surface area contributed by atoms with Gasteiger partial charge in [0.1, 0.15) is 24.3 Å². The largest absolute Gasteiger partial charge is 0.486 e. The monoisotopic (exact) mass is 297 g/mol. The minimum Gasteiger partial charge on any atom is -0.486 e. The molecule has 6 heteroatoms. The lowest BCUT2D eigenvalue weighted by Crippen LogP contribution is -1.99. The number of halogens is 1. The summed E-state index contributed by atoms with van der Waals surface area (Å²) in [5, 5.41) is 8.62. The molecule has 0 aliphatic carbocycles. The zero-order valence-electron chi connectivity index (χ0n) is 8.59. The van der Waals surface area contributed by atoms with Crippen LogP contribution in [0.2, 0.25) is 0 Å². The highest BCUT2D eigenvalue weighted by Gasteiger charge is 2.11.